The first-order chi connectivity index (χ1) is 14.4. The van der Waals surface area contributed by atoms with E-state index in [-0.39, 0.29) is 11.6 Å². The SMILES string of the molecule is Cc1cn(-c2ccc(Cc3c(C)cnn(C(C)c4ccccc4)c3=O)cc2C)cn1. The molecule has 4 rings (SSSR count). The van der Waals surface area contributed by atoms with Gasteiger partial charge >= 0.3 is 0 Å². The van der Waals surface area contributed by atoms with Gasteiger partial charge in [-0.15, -0.1) is 0 Å². The van der Waals surface area contributed by atoms with E-state index in [0.29, 0.717) is 6.42 Å². The molecule has 30 heavy (non-hydrogen) atoms. The van der Waals surface area contributed by atoms with E-state index in [1.54, 1.807) is 10.9 Å². The van der Waals surface area contributed by atoms with E-state index >= 15 is 0 Å². The average Bonchev–Trinajstić information content (AvgIpc) is 3.17. The summed E-state index contributed by atoms with van der Waals surface area (Å²) in [6.07, 6.45) is 6.22. The minimum Gasteiger partial charge on any atom is -0.306 e. The number of benzene rings is 2. The topological polar surface area (TPSA) is 52.7 Å². The summed E-state index contributed by atoms with van der Waals surface area (Å²) >= 11 is 0. The fraction of sp³-hybridized carbons (Fsp3) is 0.240. The molecule has 0 amide bonds. The van der Waals surface area contributed by atoms with Gasteiger partial charge < -0.3 is 4.57 Å². The standard InChI is InChI=1S/C25H26N4O/c1-17-12-21(10-11-24(17)28-15-19(3)26-16-28)13-23-18(2)14-27-29(25(23)30)20(4)22-8-6-5-7-9-22/h5-12,14-16,20H,13H2,1-4H3. The second kappa shape index (κ2) is 8.11. The molecular weight excluding hydrogens is 372 g/mol. The van der Waals surface area contributed by atoms with E-state index in [2.05, 4.69) is 35.2 Å². The Morgan fingerprint density at radius 3 is 2.43 bits per heavy atom. The van der Waals surface area contributed by atoms with Crippen LogP contribution < -0.4 is 5.56 Å². The summed E-state index contributed by atoms with van der Waals surface area (Å²) in [6, 6.07) is 16.2. The third-order valence-corrected chi connectivity index (χ3v) is 5.60. The zero-order valence-corrected chi connectivity index (χ0v) is 17.8. The minimum absolute atomic E-state index is 0.0293. The first-order valence-corrected chi connectivity index (χ1v) is 10.2. The molecular formula is C25H26N4O. The monoisotopic (exact) mass is 398 g/mol. The lowest BCUT2D eigenvalue weighted by atomic mass is 10.0. The predicted molar refractivity (Wildman–Crippen MR) is 119 cm³/mol. The van der Waals surface area contributed by atoms with Gasteiger partial charge in [0.1, 0.15) is 0 Å². The first-order valence-electron chi connectivity index (χ1n) is 10.2. The third-order valence-electron chi connectivity index (χ3n) is 5.60. The summed E-state index contributed by atoms with van der Waals surface area (Å²) in [5.41, 5.74) is 7.09. The molecule has 152 valence electrons. The highest BCUT2D eigenvalue weighted by molar-refractivity contribution is 5.44. The van der Waals surface area contributed by atoms with Crippen LogP contribution in [0.5, 0.6) is 0 Å². The van der Waals surface area contributed by atoms with Crippen LogP contribution in [0.15, 0.2) is 72.0 Å². The lowest BCUT2D eigenvalue weighted by Crippen LogP contribution is -2.30. The molecule has 2 aromatic carbocycles. The van der Waals surface area contributed by atoms with Crippen LogP contribution in [0, 0.1) is 20.8 Å². The van der Waals surface area contributed by atoms with Crippen molar-refractivity contribution in [3.8, 4) is 5.69 Å². The summed E-state index contributed by atoms with van der Waals surface area (Å²) in [5, 5.41) is 4.42. The fourth-order valence-electron chi connectivity index (χ4n) is 3.82. The minimum atomic E-state index is -0.119. The normalized spacial score (nSPS) is 12.1. The number of aryl methyl sites for hydroxylation is 3. The molecule has 0 saturated carbocycles. The number of aromatic nitrogens is 4. The zero-order valence-electron chi connectivity index (χ0n) is 17.8. The van der Waals surface area contributed by atoms with Gasteiger partial charge in [0, 0.05) is 23.9 Å². The van der Waals surface area contributed by atoms with E-state index in [9.17, 15) is 4.79 Å². The van der Waals surface area contributed by atoms with E-state index in [1.165, 1.54) is 0 Å². The summed E-state index contributed by atoms with van der Waals surface area (Å²) in [7, 11) is 0. The molecule has 0 spiro atoms. The summed E-state index contributed by atoms with van der Waals surface area (Å²) in [4.78, 5) is 17.6. The Bertz CT molecular complexity index is 1240. The second-order valence-electron chi connectivity index (χ2n) is 7.86. The van der Waals surface area contributed by atoms with Gasteiger partial charge in [0.25, 0.3) is 5.56 Å². The lowest BCUT2D eigenvalue weighted by Gasteiger charge is -2.17. The molecule has 4 aromatic rings. The van der Waals surface area contributed by atoms with Crippen LogP contribution in [0.4, 0.5) is 0 Å². The fourth-order valence-corrected chi connectivity index (χ4v) is 3.82. The van der Waals surface area contributed by atoms with E-state index in [0.717, 1.165) is 39.2 Å². The third kappa shape index (κ3) is 3.83. The molecule has 0 fully saturated rings. The average molecular weight is 399 g/mol. The molecule has 0 bridgehead atoms. The van der Waals surface area contributed by atoms with Crippen molar-refractivity contribution in [2.24, 2.45) is 0 Å². The summed E-state index contributed by atoms with van der Waals surface area (Å²) in [6.45, 7) is 8.03. The Labute approximate surface area is 176 Å². The number of hydrogen-bond donors (Lipinski definition) is 0. The largest absolute Gasteiger partial charge is 0.306 e. The van der Waals surface area contributed by atoms with Crippen LogP contribution in [0.2, 0.25) is 0 Å². The molecule has 1 atom stereocenters. The Morgan fingerprint density at radius 2 is 1.77 bits per heavy atom. The Kier molecular flexibility index (Phi) is 5.36. The highest BCUT2D eigenvalue weighted by Gasteiger charge is 2.15. The van der Waals surface area contributed by atoms with Crippen molar-refractivity contribution in [1.29, 1.82) is 0 Å². The molecule has 0 aliphatic rings. The zero-order chi connectivity index (χ0) is 21.3. The smallest absolute Gasteiger partial charge is 0.271 e. The van der Waals surface area contributed by atoms with Crippen molar-refractivity contribution in [2.45, 2.75) is 40.2 Å². The van der Waals surface area contributed by atoms with Crippen LogP contribution >= 0.6 is 0 Å². The van der Waals surface area contributed by atoms with E-state index < -0.39 is 0 Å². The molecule has 2 aromatic heterocycles. The molecule has 0 N–H and O–H groups in total. The number of hydrogen-bond acceptors (Lipinski definition) is 3. The highest BCUT2D eigenvalue weighted by Crippen LogP contribution is 2.20. The first kappa shape index (κ1) is 19.8. The number of rotatable bonds is 5. The Hall–Kier alpha value is -3.47. The van der Waals surface area contributed by atoms with Crippen LogP contribution in [0.3, 0.4) is 0 Å². The number of imidazole rings is 1. The van der Waals surface area contributed by atoms with Gasteiger partial charge in [-0.3, -0.25) is 4.79 Å². The van der Waals surface area contributed by atoms with Gasteiger partial charge in [-0.2, -0.15) is 5.10 Å². The van der Waals surface area contributed by atoms with Crippen LogP contribution in [-0.4, -0.2) is 19.3 Å². The number of nitrogens with zero attached hydrogens (tertiary/aromatic N) is 4. The van der Waals surface area contributed by atoms with Crippen molar-refractivity contribution < 1.29 is 0 Å². The quantitative estimate of drug-likeness (QED) is 0.495. The van der Waals surface area contributed by atoms with Crippen LogP contribution in [0.25, 0.3) is 5.69 Å². The van der Waals surface area contributed by atoms with E-state index in [1.807, 2.05) is 68.2 Å². The highest BCUT2D eigenvalue weighted by atomic mass is 16.1. The molecule has 0 saturated heterocycles. The van der Waals surface area contributed by atoms with Crippen molar-refractivity contribution in [2.75, 3.05) is 0 Å². The Balaban J connectivity index is 1.67. The molecule has 0 aliphatic carbocycles. The van der Waals surface area contributed by atoms with Crippen molar-refractivity contribution in [1.82, 2.24) is 19.3 Å². The Morgan fingerprint density at radius 1 is 1.00 bits per heavy atom. The molecule has 0 radical (unpaired) electrons. The van der Waals surface area contributed by atoms with Gasteiger partial charge in [0.15, 0.2) is 0 Å². The maximum absolute atomic E-state index is 13.3. The van der Waals surface area contributed by atoms with Gasteiger partial charge in [0.05, 0.1) is 24.3 Å². The van der Waals surface area contributed by atoms with Crippen molar-refractivity contribution in [3.05, 3.63) is 111 Å². The molecule has 1 unspecified atom stereocenters. The molecule has 2 heterocycles. The lowest BCUT2D eigenvalue weighted by molar-refractivity contribution is 0.525. The van der Waals surface area contributed by atoms with Gasteiger partial charge in [-0.1, -0.05) is 42.5 Å². The van der Waals surface area contributed by atoms with Gasteiger partial charge in [-0.25, -0.2) is 9.67 Å². The van der Waals surface area contributed by atoms with Crippen molar-refractivity contribution in [3.63, 3.8) is 0 Å². The molecule has 5 nitrogen and oxygen atoms in total. The van der Waals surface area contributed by atoms with Gasteiger partial charge in [0.2, 0.25) is 0 Å². The molecule has 5 heteroatoms. The van der Waals surface area contributed by atoms with Crippen molar-refractivity contribution >= 4 is 0 Å². The maximum atomic E-state index is 13.3. The molecule has 0 aliphatic heterocycles. The summed E-state index contributed by atoms with van der Waals surface area (Å²) < 4.78 is 3.62. The maximum Gasteiger partial charge on any atom is 0.271 e. The van der Waals surface area contributed by atoms with Gasteiger partial charge in [-0.05, 0) is 56.0 Å². The van der Waals surface area contributed by atoms with Crippen LogP contribution in [-0.2, 0) is 6.42 Å². The van der Waals surface area contributed by atoms with Crippen LogP contribution in [0.1, 0.15) is 46.5 Å². The predicted octanol–water partition coefficient (Wildman–Crippen LogP) is 4.55. The van der Waals surface area contributed by atoms with E-state index in [4.69, 9.17) is 0 Å². The summed E-state index contributed by atoms with van der Waals surface area (Å²) in [5.74, 6) is 0. The second-order valence-corrected chi connectivity index (χ2v) is 7.86.